The molecule has 2 nitrogen and oxygen atoms in total. The summed E-state index contributed by atoms with van der Waals surface area (Å²) in [4.78, 5) is 2.17. The fourth-order valence-corrected chi connectivity index (χ4v) is 2.03. The Hall–Kier alpha value is -1.54. The van der Waals surface area contributed by atoms with Crippen molar-refractivity contribution in [2.24, 2.45) is 0 Å². The molecule has 0 aliphatic heterocycles. The maximum Gasteiger partial charge on any atom is 0.0443 e. The largest absolute Gasteiger partial charge is 0.377 e. The molecule has 0 fully saturated rings. The Balaban J connectivity index is 2.64. The van der Waals surface area contributed by atoms with Gasteiger partial charge in [-0.2, -0.15) is 0 Å². The first-order valence-corrected chi connectivity index (χ1v) is 5.56. The second-order valence-electron chi connectivity index (χ2n) is 4.26. The van der Waals surface area contributed by atoms with Crippen molar-refractivity contribution in [3.8, 4) is 0 Å². The van der Waals surface area contributed by atoms with Crippen LogP contribution in [0.5, 0.6) is 0 Å². The summed E-state index contributed by atoms with van der Waals surface area (Å²) in [7, 11) is 6.15. The maximum absolute atomic E-state index is 3.20. The smallest absolute Gasteiger partial charge is 0.0443 e. The Kier molecular flexibility index (Phi) is 3.11. The zero-order valence-corrected chi connectivity index (χ0v) is 10.1. The van der Waals surface area contributed by atoms with Gasteiger partial charge in [0.1, 0.15) is 0 Å². The van der Waals surface area contributed by atoms with Crippen LogP contribution in [-0.2, 0) is 6.54 Å². The minimum absolute atomic E-state index is 0.908. The zero-order valence-electron chi connectivity index (χ0n) is 10.1. The molecule has 0 aliphatic rings. The molecule has 1 N–H and O–H groups in total. The van der Waals surface area contributed by atoms with Crippen LogP contribution in [0.2, 0.25) is 0 Å². The van der Waals surface area contributed by atoms with Crippen LogP contribution in [0.4, 0.5) is 5.69 Å². The first kappa shape index (κ1) is 11.0. The second-order valence-corrected chi connectivity index (χ2v) is 4.26. The number of anilines is 1. The number of nitrogens with zero attached hydrogens (tertiary/aromatic N) is 1. The van der Waals surface area contributed by atoms with Gasteiger partial charge in [-0.3, -0.25) is 0 Å². The molecule has 16 heavy (non-hydrogen) atoms. The lowest BCUT2D eigenvalue weighted by atomic mass is 10.0. The third-order valence-corrected chi connectivity index (χ3v) is 2.76. The number of fused-ring (bicyclic) bond motifs is 1. The average Bonchev–Trinajstić information content (AvgIpc) is 2.28. The molecule has 0 amide bonds. The molecule has 0 heterocycles. The number of benzene rings is 2. The normalized spacial score (nSPS) is 10.7. The molecule has 0 radical (unpaired) electrons. The first-order valence-electron chi connectivity index (χ1n) is 5.56. The van der Waals surface area contributed by atoms with Crippen LogP contribution in [0.25, 0.3) is 10.8 Å². The Morgan fingerprint density at radius 3 is 2.56 bits per heavy atom. The average molecular weight is 214 g/mol. The molecule has 0 atom stereocenters. The van der Waals surface area contributed by atoms with Crippen LogP contribution in [-0.4, -0.2) is 21.1 Å². The summed E-state index contributed by atoms with van der Waals surface area (Å²) in [6.45, 7) is 0.908. The highest BCUT2D eigenvalue weighted by molar-refractivity contribution is 5.94. The van der Waals surface area contributed by atoms with Crippen molar-refractivity contribution in [3.63, 3.8) is 0 Å². The molecule has 0 unspecified atom stereocenters. The summed E-state index contributed by atoms with van der Waals surface area (Å²) in [6.07, 6.45) is 0. The molecule has 0 aliphatic carbocycles. The molecule has 2 rings (SSSR count). The van der Waals surface area contributed by atoms with Crippen LogP contribution < -0.4 is 10.2 Å². The third-order valence-electron chi connectivity index (χ3n) is 2.76. The van der Waals surface area contributed by atoms with E-state index in [0.29, 0.717) is 0 Å². The van der Waals surface area contributed by atoms with Gasteiger partial charge in [0.05, 0.1) is 0 Å². The van der Waals surface area contributed by atoms with Crippen molar-refractivity contribution in [3.05, 3.63) is 42.0 Å². The summed E-state index contributed by atoms with van der Waals surface area (Å²) in [5, 5.41) is 5.81. The molecule has 0 spiro atoms. The summed E-state index contributed by atoms with van der Waals surface area (Å²) in [5.41, 5.74) is 2.60. The minimum atomic E-state index is 0.908. The van der Waals surface area contributed by atoms with E-state index in [1.165, 1.54) is 22.0 Å². The predicted molar refractivity (Wildman–Crippen MR) is 71.0 cm³/mol. The van der Waals surface area contributed by atoms with E-state index < -0.39 is 0 Å². The summed E-state index contributed by atoms with van der Waals surface area (Å²) < 4.78 is 0. The molecule has 84 valence electrons. The number of hydrogen-bond acceptors (Lipinski definition) is 2. The van der Waals surface area contributed by atoms with Gasteiger partial charge in [-0.1, -0.05) is 24.3 Å². The lowest BCUT2D eigenvalue weighted by Gasteiger charge is -2.17. The van der Waals surface area contributed by atoms with Crippen molar-refractivity contribution in [1.29, 1.82) is 0 Å². The van der Waals surface area contributed by atoms with E-state index in [1.54, 1.807) is 0 Å². The molecule has 0 saturated carbocycles. The Bertz CT molecular complexity index is 489. The van der Waals surface area contributed by atoms with E-state index in [-0.39, 0.29) is 0 Å². The fraction of sp³-hybridized carbons (Fsp3) is 0.286. The third kappa shape index (κ3) is 2.02. The Morgan fingerprint density at radius 2 is 1.88 bits per heavy atom. The molecule has 2 aromatic carbocycles. The van der Waals surface area contributed by atoms with Crippen molar-refractivity contribution < 1.29 is 0 Å². The van der Waals surface area contributed by atoms with E-state index in [9.17, 15) is 0 Å². The zero-order chi connectivity index (χ0) is 11.5. The molecular weight excluding hydrogens is 196 g/mol. The summed E-state index contributed by atoms with van der Waals surface area (Å²) in [6, 6.07) is 13.0. The van der Waals surface area contributed by atoms with Crippen LogP contribution >= 0.6 is 0 Å². The highest BCUT2D eigenvalue weighted by Crippen LogP contribution is 2.27. The van der Waals surface area contributed by atoms with Crippen molar-refractivity contribution in [2.45, 2.75) is 6.54 Å². The SMILES string of the molecule is CNCc1cc(N(C)C)c2ccccc2c1. The lowest BCUT2D eigenvalue weighted by molar-refractivity contribution is 0.818. The van der Waals surface area contributed by atoms with Gasteiger partial charge in [-0.15, -0.1) is 0 Å². The maximum atomic E-state index is 3.20. The van der Waals surface area contributed by atoms with Crippen LogP contribution in [0, 0.1) is 0 Å². The van der Waals surface area contributed by atoms with E-state index in [0.717, 1.165) is 6.54 Å². The standard InChI is InChI=1S/C14H18N2/c1-15-10-11-8-12-6-4-5-7-13(12)14(9-11)16(2)3/h4-9,15H,10H2,1-3H3. The molecule has 0 bridgehead atoms. The van der Waals surface area contributed by atoms with E-state index in [4.69, 9.17) is 0 Å². The lowest BCUT2D eigenvalue weighted by Crippen LogP contribution is -2.11. The fourth-order valence-electron chi connectivity index (χ4n) is 2.03. The van der Waals surface area contributed by atoms with Gasteiger partial charge in [0.25, 0.3) is 0 Å². The highest BCUT2D eigenvalue weighted by Gasteiger charge is 2.04. The van der Waals surface area contributed by atoms with Crippen LogP contribution in [0.15, 0.2) is 36.4 Å². The van der Waals surface area contributed by atoms with Crippen molar-refractivity contribution in [2.75, 3.05) is 26.0 Å². The molecule has 2 heteroatoms. The Morgan fingerprint density at radius 1 is 1.12 bits per heavy atom. The van der Waals surface area contributed by atoms with Gasteiger partial charge in [-0.25, -0.2) is 0 Å². The monoisotopic (exact) mass is 214 g/mol. The molecular formula is C14H18N2. The van der Waals surface area contributed by atoms with Crippen LogP contribution in [0.3, 0.4) is 0 Å². The topological polar surface area (TPSA) is 15.3 Å². The minimum Gasteiger partial charge on any atom is -0.377 e. The van der Waals surface area contributed by atoms with Crippen molar-refractivity contribution >= 4 is 16.5 Å². The molecule has 0 saturated heterocycles. The molecule has 0 aromatic heterocycles. The summed E-state index contributed by atoms with van der Waals surface area (Å²) >= 11 is 0. The summed E-state index contributed by atoms with van der Waals surface area (Å²) in [5.74, 6) is 0. The number of rotatable bonds is 3. The predicted octanol–water partition coefficient (Wildman–Crippen LogP) is 2.63. The quantitative estimate of drug-likeness (QED) is 0.845. The number of nitrogens with one attached hydrogen (secondary N) is 1. The van der Waals surface area contributed by atoms with Gasteiger partial charge in [-0.05, 0) is 30.1 Å². The van der Waals surface area contributed by atoms with Gasteiger partial charge in [0.15, 0.2) is 0 Å². The second kappa shape index (κ2) is 4.54. The Labute approximate surface area is 96.9 Å². The highest BCUT2D eigenvalue weighted by atomic mass is 15.1. The number of hydrogen-bond donors (Lipinski definition) is 1. The van der Waals surface area contributed by atoms with Crippen molar-refractivity contribution in [1.82, 2.24) is 5.32 Å². The van der Waals surface area contributed by atoms with Gasteiger partial charge < -0.3 is 10.2 Å². The van der Waals surface area contributed by atoms with Gasteiger partial charge >= 0.3 is 0 Å². The van der Waals surface area contributed by atoms with Gasteiger partial charge in [0.2, 0.25) is 0 Å². The van der Waals surface area contributed by atoms with Gasteiger partial charge in [0, 0.05) is 31.7 Å². The van der Waals surface area contributed by atoms with E-state index >= 15 is 0 Å². The van der Waals surface area contributed by atoms with E-state index in [2.05, 4.69) is 60.7 Å². The first-order chi connectivity index (χ1) is 7.72. The van der Waals surface area contributed by atoms with E-state index in [1.807, 2.05) is 7.05 Å². The molecule has 2 aromatic rings. The van der Waals surface area contributed by atoms with Crippen LogP contribution in [0.1, 0.15) is 5.56 Å².